The monoisotopic (exact) mass is 573 g/mol. The summed E-state index contributed by atoms with van der Waals surface area (Å²) in [6, 6.07) is 11.8. The van der Waals surface area contributed by atoms with E-state index in [0.717, 1.165) is 22.8 Å². The number of fused-ring (bicyclic) bond motifs is 1. The zero-order chi connectivity index (χ0) is 29.7. The van der Waals surface area contributed by atoms with Crippen molar-refractivity contribution in [2.75, 3.05) is 25.1 Å². The number of thioether (sulfide) groups is 1. The molecule has 10 nitrogen and oxygen atoms in total. The summed E-state index contributed by atoms with van der Waals surface area (Å²) in [6.07, 6.45) is 3.13. The van der Waals surface area contributed by atoms with Crippen LogP contribution in [0.2, 0.25) is 0 Å². The number of hydrogen-bond donors (Lipinski definition) is 5. The molecule has 2 aromatic rings. The lowest BCUT2D eigenvalue weighted by Gasteiger charge is -2.32. The number of amides is 3. The zero-order valence-electron chi connectivity index (χ0n) is 23.6. The Morgan fingerprint density at radius 1 is 1.05 bits per heavy atom. The summed E-state index contributed by atoms with van der Waals surface area (Å²) in [6.45, 7) is 4.72. The number of rotatable bonds is 18. The first kappa shape index (κ1) is 33.1. The van der Waals surface area contributed by atoms with Gasteiger partial charge in [0.25, 0.3) is 0 Å². The number of carbonyl (C=O) groups excluding carboxylic acids is 3. The second-order valence-corrected chi connectivity index (χ2v) is 11.1. The molecule has 0 saturated heterocycles. The molecule has 7 N–H and O–H groups in total. The SMILES string of the molecule is CCC(C)C(CN(CC(=O)NC(CCSC)C(=O)O)Cc1cccc2ccccc12)NC(=O)[C@@H](N)CCC(N)=O. The summed E-state index contributed by atoms with van der Waals surface area (Å²) in [5.74, 6) is -1.72. The number of nitrogens with two attached hydrogens (primary N) is 2. The lowest BCUT2D eigenvalue weighted by atomic mass is 9.97. The maximum Gasteiger partial charge on any atom is 0.326 e. The standard InChI is InChI=1S/C29H43N5O5S/c1-4-19(2)25(33-28(37)23(30)12-13-26(31)35)17-34(18-27(36)32-24(29(38)39)14-15-40-3)16-21-10-7-9-20-8-5-6-11-22(20)21/h5-11,19,23-25H,4,12-18,30H2,1-3H3,(H2,31,35)(H,32,36)(H,33,37)(H,38,39)/t19?,23-,24?,25?/m0/s1. The van der Waals surface area contributed by atoms with Gasteiger partial charge in [-0.1, -0.05) is 62.7 Å². The van der Waals surface area contributed by atoms with Crippen molar-refractivity contribution in [1.82, 2.24) is 15.5 Å². The zero-order valence-corrected chi connectivity index (χ0v) is 24.4. The molecule has 2 aromatic carbocycles. The molecule has 3 amide bonds. The average Bonchev–Trinajstić information content (AvgIpc) is 2.92. The number of aliphatic carboxylic acids is 1. The number of carboxylic acid groups (broad SMARTS) is 1. The third kappa shape index (κ3) is 10.8. The van der Waals surface area contributed by atoms with E-state index in [1.807, 2.05) is 67.5 Å². The Bertz CT molecular complexity index is 1140. The summed E-state index contributed by atoms with van der Waals surface area (Å²) in [5, 5.41) is 17.4. The minimum absolute atomic E-state index is 0.0112. The molecule has 4 atom stereocenters. The van der Waals surface area contributed by atoms with Crippen molar-refractivity contribution in [1.29, 1.82) is 0 Å². The van der Waals surface area contributed by atoms with Crippen molar-refractivity contribution in [3.05, 3.63) is 48.0 Å². The van der Waals surface area contributed by atoms with Gasteiger partial charge in [-0.3, -0.25) is 19.3 Å². The molecule has 11 heteroatoms. The van der Waals surface area contributed by atoms with Gasteiger partial charge in [-0.15, -0.1) is 0 Å². The molecule has 3 unspecified atom stereocenters. The molecule has 2 rings (SSSR count). The van der Waals surface area contributed by atoms with Crippen LogP contribution in [-0.4, -0.2) is 76.9 Å². The Hall–Kier alpha value is -3.15. The highest BCUT2D eigenvalue weighted by Crippen LogP contribution is 2.21. The van der Waals surface area contributed by atoms with E-state index in [4.69, 9.17) is 11.5 Å². The van der Waals surface area contributed by atoms with E-state index >= 15 is 0 Å². The molecular formula is C29H43N5O5S. The van der Waals surface area contributed by atoms with Gasteiger partial charge < -0.3 is 27.2 Å². The normalized spacial score (nSPS) is 14.3. The van der Waals surface area contributed by atoms with Crippen LogP contribution in [0.5, 0.6) is 0 Å². The van der Waals surface area contributed by atoms with Crippen LogP contribution in [0.25, 0.3) is 10.8 Å². The van der Waals surface area contributed by atoms with Gasteiger partial charge in [-0.25, -0.2) is 4.79 Å². The van der Waals surface area contributed by atoms with E-state index in [0.29, 0.717) is 25.3 Å². The number of benzene rings is 2. The van der Waals surface area contributed by atoms with Gasteiger partial charge in [0.05, 0.1) is 12.6 Å². The lowest BCUT2D eigenvalue weighted by molar-refractivity contribution is -0.142. The van der Waals surface area contributed by atoms with Crippen molar-refractivity contribution in [2.45, 2.75) is 64.2 Å². The first-order chi connectivity index (χ1) is 19.0. The van der Waals surface area contributed by atoms with Gasteiger partial charge in [0, 0.05) is 25.6 Å². The number of primary amides is 1. The van der Waals surface area contributed by atoms with E-state index in [2.05, 4.69) is 10.6 Å². The third-order valence-electron chi connectivity index (χ3n) is 7.04. The molecule has 0 heterocycles. The molecule has 0 aromatic heterocycles. The smallest absolute Gasteiger partial charge is 0.326 e. The first-order valence-corrected chi connectivity index (χ1v) is 15.0. The van der Waals surface area contributed by atoms with Gasteiger partial charge in [0.15, 0.2) is 0 Å². The van der Waals surface area contributed by atoms with Crippen LogP contribution in [0.1, 0.15) is 45.1 Å². The predicted octanol–water partition coefficient (Wildman–Crippen LogP) is 2.09. The van der Waals surface area contributed by atoms with E-state index in [1.165, 1.54) is 11.8 Å². The van der Waals surface area contributed by atoms with Crippen LogP contribution in [0.4, 0.5) is 0 Å². The van der Waals surface area contributed by atoms with E-state index in [-0.39, 0.29) is 37.3 Å². The molecule has 0 aliphatic rings. The van der Waals surface area contributed by atoms with Crippen LogP contribution in [-0.2, 0) is 25.7 Å². The minimum atomic E-state index is -1.07. The van der Waals surface area contributed by atoms with E-state index in [1.54, 1.807) is 0 Å². The minimum Gasteiger partial charge on any atom is -0.480 e. The lowest BCUT2D eigenvalue weighted by Crippen LogP contribution is -2.53. The number of nitrogens with zero attached hydrogens (tertiary/aromatic N) is 1. The fourth-order valence-corrected chi connectivity index (χ4v) is 4.91. The second-order valence-electron chi connectivity index (χ2n) is 10.2. The van der Waals surface area contributed by atoms with E-state index < -0.39 is 29.9 Å². The van der Waals surface area contributed by atoms with E-state index in [9.17, 15) is 24.3 Å². The molecule has 0 radical (unpaired) electrons. The van der Waals surface area contributed by atoms with Gasteiger partial charge in [-0.2, -0.15) is 11.8 Å². The number of carboxylic acids is 1. The maximum absolute atomic E-state index is 13.1. The second kappa shape index (κ2) is 16.8. The van der Waals surface area contributed by atoms with Gasteiger partial charge in [0.1, 0.15) is 6.04 Å². The summed E-state index contributed by atoms with van der Waals surface area (Å²) in [5.41, 5.74) is 12.2. The Morgan fingerprint density at radius 2 is 1.75 bits per heavy atom. The highest BCUT2D eigenvalue weighted by atomic mass is 32.2. The summed E-state index contributed by atoms with van der Waals surface area (Å²) in [4.78, 5) is 50.8. The molecule has 0 aliphatic heterocycles. The van der Waals surface area contributed by atoms with Crippen molar-refractivity contribution in [2.24, 2.45) is 17.4 Å². The molecule has 0 saturated carbocycles. The summed E-state index contributed by atoms with van der Waals surface area (Å²) >= 11 is 1.52. The van der Waals surface area contributed by atoms with Gasteiger partial charge in [0.2, 0.25) is 17.7 Å². The van der Waals surface area contributed by atoms with Gasteiger partial charge in [-0.05, 0) is 47.1 Å². The Kier molecular flexibility index (Phi) is 13.9. The van der Waals surface area contributed by atoms with Crippen LogP contribution in [0.3, 0.4) is 0 Å². The van der Waals surface area contributed by atoms with Crippen LogP contribution < -0.4 is 22.1 Å². The summed E-state index contributed by atoms with van der Waals surface area (Å²) in [7, 11) is 0. The number of carbonyl (C=O) groups is 4. The fraction of sp³-hybridized carbons (Fsp3) is 0.517. The van der Waals surface area contributed by atoms with Crippen molar-refractivity contribution >= 4 is 46.2 Å². The van der Waals surface area contributed by atoms with Crippen molar-refractivity contribution in [3.63, 3.8) is 0 Å². The predicted molar refractivity (Wildman–Crippen MR) is 160 cm³/mol. The van der Waals surface area contributed by atoms with Crippen LogP contribution in [0, 0.1) is 5.92 Å². The summed E-state index contributed by atoms with van der Waals surface area (Å²) < 4.78 is 0. The highest BCUT2D eigenvalue weighted by molar-refractivity contribution is 7.98. The topological polar surface area (TPSA) is 168 Å². The first-order valence-electron chi connectivity index (χ1n) is 13.6. The molecule has 0 aliphatic carbocycles. The highest BCUT2D eigenvalue weighted by Gasteiger charge is 2.27. The Morgan fingerprint density at radius 3 is 2.40 bits per heavy atom. The third-order valence-corrected chi connectivity index (χ3v) is 7.68. The molecule has 0 bridgehead atoms. The molecule has 0 fully saturated rings. The molecule has 0 spiro atoms. The van der Waals surface area contributed by atoms with Crippen molar-refractivity contribution in [3.8, 4) is 0 Å². The van der Waals surface area contributed by atoms with Crippen LogP contribution in [0.15, 0.2) is 42.5 Å². The van der Waals surface area contributed by atoms with Gasteiger partial charge >= 0.3 is 5.97 Å². The Balaban J connectivity index is 2.30. The maximum atomic E-state index is 13.1. The molecule has 40 heavy (non-hydrogen) atoms. The Labute approximate surface area is 240 Å². The molecular weight excluding hydrogens is 530 g/mol. The fourth-order valence-electron chi connectivity index (χ4n) is 4.44. The quantitative estimate of drug-likeness (QED) is 0.181. The number of hydrogen-bond acceptors (Lipinski definition) is 7. The average molecular weight is 574 g/mol. The molecule has 220 valence electrons. The largest absolute Gasteiger partial charge is 0.480 e. The van der Waals surface area contributed by atoms with Crippen LogP contribution >= 0.6 is 11.8 Å². The number of nitrogens with one attached hydrogen (secondary N) is 2. The van der Waals surface area contributed by atoms with Crippen molar-refractivity contribution < 1.29 is 24.3 Å².